The highest BCUT2D eigenvalue weighted by Gasteiger charge is 1.56. The molecule has 0 aromatic rings. The van der Waals surface area contributed by atoms with E-state index < -0.39 is 0 Å². The van der Waals surface area contributed by atoms with E-state index in [0.717, 1.165) is 0 Å². The molecule has 0 unspecified atom stereocenters. The Labute approximate surface area is 47.4 Å². The monoisotopic (exact) mass is 109 g/mol. The molecule has 0 fully saturated rings. The van der Waals surface area contributed by atoms with Crippen LogP contribution in [0.3, 0.4) is 0 Å². The molecule has 2 nitrogen and oxygen atoms in total. The topological polar surface area (TPSA) is 46.2 Å². The Hall–Kier alpha value is -0.0800. The van der Waals surface area contributed by atoms with Crippen LogP contribution in [0, 0.1) is 0 Å². The largest absolute Gasteiger partial charge is 0.395 e. The Kier molecular flexibility index (Phi) is 158. The number of nitrogens with two attached hydrogens (primary N) is 1. The van der Waals surface area contributed by atoms with Crippen molar-refractivity contribution in [2.75, 3.05) is 13.2 Å². The quantitative estimate of drug-likeness (QED) is 0.524. The van der Waals surface area contributed by atoms with Gasteiger partial charge in [-0.1, -0.05) is 22.3 Å². The van der Waals surface area contributed by atoms with Crippen LogP contribution in [0.15, 0.2) is 0 Å². The summed E-state index contributed by atoms with van der Waals surface area (Å²) in [5.41, 5.74) is 4.78. The number of hydrogen-bond donors (Lipinski definition) is 2. The van der Waals surface area contributed by atoms with E-state index in [2.05, 4.69) is 0 Å². The van der Waals surface area contributed by atoms with Gasteiger partial charge in [0.2, 0.25) is 0 Å². The summed E-state index contributed by atoms with van der Waals surface area (Å²) >= 11 is 0. The van der Waals surface area contributed by atoms with Crippen molar-refractivity contribution in [2.24, 2.45) is 5.73 Å². The lowest BCUT2D eigenvalue weighted by molar-refractivity contribution is 0.306. The van der Waals surface area contributed by atoms with Gasteiger partial charge in [-0.25, -0.2) is 0 Å². The zero-order valence-corrected chi connectivity index (χ0v) is 2.44. The Morgan fingerprint density at radius 3 is 1.29 bits per heavy atom. The van der Waals surface area contributed by atoms with Crippen LogP contribution in [0.5, 0.6) is 0 Å². The fourth-order valence-electron chi connectivity index (χ4n) is 0. The second-order valence-corrected chi connectivity index (χ2v) is 0.512. The summed E-state index contributed by atoms with van der Waals surface area (Å²) in [4.78, 5) is 0. The number of hydrogen-bond acceptors (Lipinski definition) is 2. The lowest BCUT2D eigenvalue weighted by Crippen LogP contribution is -2.02. The van der Waals surface area contributed by atoms with Gasteiger partial charge in [-0.2, -0.15) is 0 Å². The van der Waals surface area contributed by atoms with E-state index in [4.69, 9.17) is 10.8 Å². The SMILES string of the molecule is C.C.C.NCCO. The van der Waals surface area contributed by atoms with Crippen molar-refractivity contribution in [1.82, 2.24) is 0 Å². The first-order valence-corrected chi connectivity index (χ1v) is 1.22. The third-order valence-electron chi connectivity index (χ3n) is 0.129. The first kappa shape index (κ1) is 28.4. The Bertz CT molecular complexity index is 10.0. The van der Waals surface area contributed by atoms with Crippen LogP contribution in [0.25, 0.3) is 0 Å². The molecule has 0 saturated carbocycles. The van der Waals surface area contributed by atoms with Crippen molar-refractivity contribution in [3.63, 3.8) is 0 Å². The number of aliphatic hydroxyl groups is 1. The fraction of sp³-hybridized carbons (Fsp3) is 1.00. The van der Waals surface area contributed by atoms with E-state index in [0.29, 0.717) is 6.54 Å². The van der Waals surface area contributed by atoms with E-state index in [9.17, 15) is 0 Å². The normalized spacial score (nSPS) is 4.29. The summed E-state index contributed by atoms with van der Waals surface area (Å²) in [7, 11) is 0. The van der Waals surface area contributed by atoms with E-state index in [1.54, 1.807) is 0 Å². The standard InChI is InChI=1S/C2H7NO.3CH4/c3-1-2-4;;;/h4H,1-3H2;3*1H4. The van der Waals surface area contributed by atoms with Gasteiger partial charge in [0.15, 0.2) is 0 Å². The van der Waals surface area contributed by atoms with E-state index in [-0.39, 0.29) is 28.9 Å². The van der Waals surface area contributed by atoms with Crippen molar-refractivity contribution in [3.05, 3.63) is 0 Å². The summed E-state index contributed by atoms with van der Waals surface area (Å²) in [6.07, 6.45) is 0. The van der Waals surface area contributed by atoms with Gasteiger partial charge >= 0.3 is 0 Å². The van der Waals surface area contributed by atoms with Gasteiger partial charge < -0.3 is 10.8 Å². The van der Waals surface area contributed by atoms with Gasteiger partial charge in [0.1, 0.15) is 0 Å². The summed E-state index contributed by atoms with van der Waals surface area (Å²) in [6.45, 7) is 0.472. The summed E-state index contributed by atoms with van der Waals surface area (Å²) < 4.78 is 0. The fourth-order valence-corrected chi connectivity index (χ4v) is 0. The van der Waals surface area contributed by atoms with Gasteiger partial charge in [0.05, 0.1) is 6.61 Å². The first-order chi connectivity index (χ1) is 1.91. The number of aliphatic hydroxyl groups excluding tert-OH is 1. The molecule has 2 heteroatoms. The molecule has 0 radical (unpaired) electrons. The average molecular weight is 109 g/mol. The second kappa shape index (κ2) is 38.9. The van der Waals surface area contributed by atoms with Crippen LogP contribution in [-0.2, 0) is 0 Å². The van der Waals surface area contributed by atoms with Gasteiger partial charge in [0.25, 0.3) is 0 Å². The summed E-state index contributed by atoms with van der Waals surface area (Å²) in [5.74, 6) is 0. The predicted molar refractivity (Wildman–Crippen MR) is 36.3 cm³/mol. The van der Waals surface area contributed by atoms with E-state index >= 15 is 0 Å². The molecule has 0 atom stereocenters. The van der Waals surface area contributed by atoms with Crippen molar-refractivity contribution >= 4 is 0 Å². The predicted octanol–water partition coefficient (Wildman–Crippen LogP) is 0.846. The Morgan fingerprint density at radius 2 is 1.29 bits per heavy atom. The Morgan fingerprint density at radius 1 is 1.14 bits per heavy atom. The van der Waals surface area contributed by atoms with Crippen molar-refractivity contribution in [3.8, 4) is 0 Å². The van der Waals surface area contributed by atoms with Gasteiger partial charge in [-0.3, -0.25) is 0 Å². The molecule has 0 heterocycles. The second-order valence-electron chi connectivity index (χ2n) is 0.512. The molecule has 50 valence electrons. The maximum atomic E-state index is 7.75. The molecule has 0 rings (SSSR count). The van der Waals surface area contributed by atoms with Crippen LogP contribution >= 0.6 is 0 Å². The van der Waals surface area contributed by atoms with E-state index in [1.165, 1.54) is 0 Å². The smallest absolute Gasteiger partial charge is 0.0553 e. The molecule has 0 aliphatic rings. The van der Waals surface area contributed by atoms with Crippen molar-refractivity contribution in [2.45, 2.75) is 22.3 Å². The maximum absolute atomic E-state index is 7.75. The minimum atomic E-state index is 0. The molecular formula is C5H19NO. The minimum absolute atomic E-state index is 0. The van der Waals surface area contributed by atoms with Crippen LogP contribution in [0.4, 0.5) is 0 Å². The Balaban J connectivity index is -0.0000000150. The third kappa shape index (κ3) is 107. The van der Waals surface area contributed by atoms with E-state index in [1.807, 2.05) is 0 Å². The average Bonchev–Trinajstić information content (AvgIpc) is 1.37. The van der Waals surface area contributed by atoms with Crippen molar-refractivity contribution in [1.29, 1.82) is 0 Å². The molecule has 0 saturated heterocycles. The van der Waals surface area contributed by atoms with Crippen molar-refractivity contribution < 1.29 is 5.11 Å². The molecule has 0 spiro atoms. The molecular weight excluding hydrogens is 90.1 g/mol. The molecule has 0 bridgehead atoms. The highest BCUT2D eigenvalue weighted by Crippen LogP contribution is 1.33. The van der Waals surface area contributed by atoms with Crippen LogP contribution < -0.4 is 5.73 Å². The van der Waals surface area contributed by atoms with Crippen LogP contribution in [0.2, 0.25) is 0 Å². The molecule has 0 aliphatic heterocycles. The van der Waals surface area contributed by atoms with Gasteiger partial charge in [-0.15, -0.1) is 0 Å². The molecule has 0 amide bonds. The summed E-state index contributed by atoms with van der Waals surface area (Å²) in [6, 6.07) is 0. The molecule has 7 heavy (non-hydrogen) atoms. The molecule has 0 aromatic heterocycles. The number of rotatable bonds is 1. The molecule has 0 aliphatic carbocycles. The zero-order valence-electron chi connectivity index (χ0n) is 2.44. The minimum Gasteiger partial charge on any atom is -0.395 e. The lowest BCUT2D eigenvalue weighted by atomic mass is 10.8. The first-order valence-electron chi connectivity index (χ1n) is 1.22. The lowest BCUT2D eigenvalue weighted by Gasteiger charge is -1.71. The maximum Gasteiger partial charge on any atom is 0.0553 e. The highest BCUT2D eigenvalue weighted by molar-refractivity contribution is 4.17. The highest BCUT2D eigenvalue weighted by atomic mass is 16.3. The third-order valence-corrected chi connectivity index (χ3v) is 0.129. The summed E-state index contributed by atoms with van der Waals surface area (Å²) in [5, 5.41) is 7.75. The molecule has 3 N–H and O–H groups in total. The molecule has 0 aromatic carbocycles. The van der Waals surface area contributed by atoms with Gasteiger partial charge in [-0.05, 0) is 0 Å². The van der Waals surface area contributed by atoms with Crippen LogP contribution in [-0.4, -0.2) is 18.3 Å². The van der Waals surface area contributed by atoms with Crippen LogP contribution in [0.1, 0.15) is 22.3 Å². The zero-order chi connectivity index (χ0) is 3.41. The van der Waals surface area contributed by atoms with Gasteiger partial charge in [0, 0.05) is 6.54 Å².